The van der Waals surface area contributed by atoms with Crippen LogP contribution >= 0.6 is 22.9 Å². The topological polar surface area (TPSA) is 38.7 Å². The van der Waals surface area contributed by atoms with Crippen LogP contribution < -0.4 is 0 Å². The van der Waals surface area contributed by atoms with Gasteiger partial charge in [-0.25, -0.2) is 9.97 Å². The zero-order valence-electron chi connectivity index (χ0n) is 10.2. The molecule has 96 valence electrons. The van der Waals surface area contributed by atoms with Crippen LogP contribution in [0.5, 0.6) is 0 Å². The number of pyridine rings is 2. The Hall–Kier alpha value is -2.22. The molecule has 3 aromatic rings. The lowest BCUT2D eigenvalue weighted by molar-refractivity contribution is 1.29. The highest BCUT2D eigenvalue weighted by molar-refractivity contribution is 7.16. The molecule has 0 radical (unpaired) electrons. The Morgan fingerprint density at radius 2 is 2.00 bits per heavy atom. The fourth-order valence-electron chi connectivity index (χ4n) is 1.55. The molecule has 0 unspecified atom stereocenters. The Balaban J connectivity index is 1.93. The van der Waals surface area contributed by atoms with Crippen molar-refractivity contribution >= 4 is 22.9 Å². The molecule has 0 bridgehead atoms. The molecule has 0 fully saturated rings. The molecule has 3 heterocycles. The first kappa shape index (κ1) is 12.8. The smallest absolute Gasteiger partial charge is 0.156 e. The van der Waals surface area contributed by atoms with E-state index >= 15 is 0 Å². The Morgan fingerprint density at radius 1 is 1.05 bits per heavy atom. The normalized spacial score (nSPS) is 9.85. The molecule has 0 saturated carbocycles. The third kappa shape index (κ3) is 2.85. The van der Waals surface area contributed by atoms with Crippen LogP contribution in [0.2, 0.25) is 5.15 Å². The van der Waals surface area contributed by atoms with Crippen LogP contribution in [0.25, 0.3) is 10.6 Å². The van der Waals surface area contributed by atoms with Gasteiger partial charge in [0, 0.05) is 24.2 Å². The predicted molar refractivity (Wildman–Crippen MR) is 80.6 cm³/mol. The van der Waals surface area contributed by atoms with E-state index in [1.54, 1.807) is 18.6 Å². The lowest BCUT2D eigenvalue weighted by Gasteiger charge is -1.91. The SMILES string of the molecule is Clc1nc(-c2cccnc2)sc1C#Cc1ccccn1. The van der Waals surface area contributed by atoms with Gasteiger partial charge in [0.15, 0.2) is 5.15 Å². The van der Waals surface area contributed by atoms with Crippen LogP contribution in [0.3, 0.4) is 0 Å². The van der Waals surface area contributed by atoms with Gasteiger partial charge in [0.25, 0.3) is 0 Å². The second-order valence-corrected chi connectivity index (χ2v) is 5.20. The number of thiazole rings is 1. The van der Waals surface area contributed by atoms with Gasteiger partial charge in [-0.15, -0.1) is 11.3 Å². The summed E-state index contributed by atoms with van der Waals surface area (Å²) in [5.74, 6) is 5.99. The second kappa shape index (κ2) is 5.83. The minimum absolute atomic E-state index is 0.414. The molecule has 0 aromatic carbocycles. The first-order valence-electron chi connectivity index (χ1n) is 5.83. The Labute approximate surface area is 125 Å². The van der Waals surface area contributed by atoms with Gasteiger partial charge in [0.1, 0.15) is 15.6 Å². The van der Waals surface area contributed by atoms with Gasteiger partial charge >= 0.3 is 0 Å². The molecule has 3 rings (SSSR count). The summed E-state index contributed by atoms with van der Waals surface area (Å²) < 4.78 is 0. The van der Waals surface area contributed by atoms with E-state index < -0.39 is 0 Å². The van der Waals surface area contributed by atoms with Crippen molar-refractivity contribution in [1.29, 1.82) is 0 Å². The summed E-state index contributed by atoms with van der Waals surface area (Å²) in [6, 6.07) is 9.41. The van der Waals surface area contributed by atoms with Gasteiger partial charge in [-0.3, -0.25) is 4.98 Å². The van der Waals surface area contributed by atoms with E-state index in [-0.39, 0.29) is 0 Å². The highest BCUT2D eigenvalue weighted by Crippen LogP contribution is 2.29. The van der Waals surface area contributed by atoms with Crippen molar-refractivity contribution in [3.05, 3.63) is 64.6 Å². The molecule has 0 aliphatic rings. The first-order chi connectivity index (χ1) is 9.83. The fraction of sp³-hybridized carbons (Fsp3) is 0. The van der Waals surface area contributed by atoms with Crippen molar-refractivity contribution in [2.45, 2.75) is 0 Å². The zero-order chi connectivity index (χ0) is 13.8. The van der Waals surface area contributed by atoms with Gasteiger partial charge < -0.3 is 0 Å². The fourth-order valence-corrected chi connectivity index (χ4v) is 2.65. The first-order valence-corrected chi connectivity index (χ1v) is 7.02. The van der Waals surface area contributed by atoms with Crippen LogP contribution in [-0.2, 0) is 0 Å². The number of nitrogens with zero attached hydrogens (tertiary/aromatic N) is 3. The van der Waals surface area contributed by atoms with Crippen molar-refractivity contribution < 1.29 is 0 Å². The van der Waals surface area contributed by atoms with Crippen molar-refractivity contribution in [2.24, 2.45) is 0 Å². The molecule has 5 heteroatoms. The van der Waals surface area contributed by atoms with Gasteiger partial charge in [0.2, 0.25) is 0 Å². The van der Waals surface area contributed by atoms with Crippen LogP contribution in [0.4, 0.5) is 0 Å². The van der Waals surface area contributed by atoms with Crippen LogP contribution in [-0.4, -0.2) is 15.0 Å². The van der Waals surface area contributed by atoms with Crippen molar-refractivity contribution in [2.75, 3.05) is 0 Å². The van der Waals surface area contributed by atoms with E-state index in [0.717, 1.165) is 15.4 Å². The number of hydrogen-bond donors (Lipinski definition) is 0. The summed E-state index contributed by atoms with van der Waals surface area (Å²) in [6.07, 6.45) is 5.19. The Morgan fingerprint density at radius 3 is 2.75 bits per heavy atom. The minimum atomic E-state index is 0.414. The molecule has 0 amide bonds. The predicted octanol–water partition coefficient (Wildman–Crippen LogP) is 3.65. The molecule has 3 nitrogen and oxygen atoms in total. The molecule has 0 aliphatic carbocycles. The summed E-state index contributed by atoms with van der Waals surface area (Å²) in [5, 5.41) is 1.23. The van der Waals surface area contributed by atoms with Crippen molar-refractivity contribution in [1.82, 2.24) is 15.0 Å². The van der Waals surface area contributed by atoms with Crippen LogP contribution in [0, 0.1) is 11.8 Å². The average molecular weight is 298 g/mol. The van der Waals surface area contributed by atoms with E-state index in [9.17, 15) is 0 Å². The molecule has 3 aromatic heterocycles. The van der Waals surface area contributed by atoms with Crippen molar-refractivity contribution in [3.63, 3.8) is 0 Å². The maximum atomic E-state index is 6.12. The van der Waals surface area contributed by atoms with Gasteiger partial charge in [-0.2, -0.15) is 0 Å². The molecule has 0 saturated heterocycles. The maximum Gasteiger partial charge on any atom is 0.156 e. The third-order valence-corrected chi connectivity index (χ3v) is 3.87. The number of aromatic nitrogens is 3. The minimum Gasteiger partial charge on any atom is -0.264 e. The number of halogens is 1. The summed E-state index contributed by atoms with van der Waals surface area (Å²) >= 11 is 7.56. The summed E-state index contributed by atoms with van der Waals surface area (Å²) in [5.41, 5.74) is 1.64. The quantitative estimate of drug-likeness (QED) is 0.644. The van der Waals surface area contributed by atoms with Gasteiger partial charge in [-0.05, 0) is 36.1 Å². The van der Waals surface area contributed by atoms with Gasteiger partial charge in [0.05, 0.1) is 0 Å². The second-order valence-electron chi connectivity index (χ2n) is 3.85. The number of hydrogen-bond acceptors (Lipinski definition) is 4. The zero-order valence-corrected chi connectivity index (χ0v) is 11.8. The van der Waals surface area contributed by atoms with E-state index in [1.165, 1.54) is 11.3 Å². The van der Waals surface area contributed by atoms with Crippen LogP contribution in [0.15, 0.2) is 48.9 Å². The van der Waals surface area contributed by atoms with E-state index in [4.69, 9.17) is 11.6 Å². The molecule has 0 N–H and O–H groups in total. The van der Waals surface area contributed by atoms with E-state index in [1.807, 2.05) is 30.3 Å². The lowest BCUT2D eigenvalue weighted by Crippen LogP contribution is -1.78. The average Bonchev–Trinajstić information content (AvgIpc) is 2.88. The summed E-state index contributed by atoms with van der Waals surface area (Å²) in [7, 11) is 0. The largest absolute Gasteiger partial charge is 0.264 e. The molecule has 0 atom stereocenters. The van der Waals surface area contributed by atoms with Crippen molar-refractivity contribution in [3.8, 4) is 22.4 Å². The summed E-state index contributed by atoms with van der Waals surface area (Å²) in [4.78, 5) is 13.3. The number of rotatable bonds is 1. The van der Waals surface area contributed by atoms with Gasteiger partial charge in [-0.1, -0.05) is 17.7 Å². The maximum absolute atomic E-state index is 6.12. The Kier molecular flexibility index (Phi) is 3.73. The molecule has 20 heavy (non-hydrogen) atoms. The highest BCUT2D eigenvalue weighted by atomic mass is 35.5. The van der Waals surface area contributed by atoms with E-state index in [0.29, 0.717) is 10.8 Å². The Bertz CT molecular complexity index is 773. The van der Waals surface area contributed by atoms with E-state index in [2.05, 4.69) is 26.8 Å². The lowest BCUT2D eigenvalue weighted by atomic mass is 10.3. The molecule has 0 aliphatic heterocycles. The molecular weight excluding hydrogens is 290 g/mol. The summed E-state index contributed by atoms with van der Waals surface area (Å²) in [6.45, 7) is 0. The third-order valence-electron chi connectivity index (χ3n) is 2.46. The highest BCUT2D eigenvalue weighted by Gasteiger charge is 2.09. The monoisotopic (exact) mass is 297 g/mol. The molecular formula is C15H8ClN3S. The van der Waals surface area contributed by atoms with Crippen LogP contribution in [0.1, 0.15) is 10.6 Å². The molecule has 0 spiro atoms. The standard InChI is InChI=1S/C15H8ClN3S/c16-14-13(7-6-12-5-1-2-9-18-12)20-15(19-14)11-4-3-8-17-10-11/h1-5,8-10H.